The predicted molar refractivity (Wildman–Crippen MR) is 85.4 cm³/mol. The second-order valence-electron chi connectivity index (χ2n) is 7.37. The van der Waals surface area contributed by atoms with E-state index in [9.17, 15) is 9.59 Å². The van der Waals surface area contributed by atoms with E-state index in [4.69, 9.17) is 5.73 Å². The zero-order valence-electron chi connectivity index (χ0n) is 14.0. The molecule has 4 atom stereocenters. The number of nitrogens with one attached hydrogen (secondary N) is 1. The second-order valence-corrected chi connectivity index (χ2v) is 7.37. The molecule has 3 N–H and O–H groups in total. The first-order chi connectivity index (χ1) is 9.65. The van der Waals surface area contributed by atoms with Crippen molar-refractivity contribution in [1.82, 2.24) is 5.32 Å². The van der Waals surface area contributed by atoms with Gasteiger partial charge in [-0.05, 0) is 58.8 Å². The van der Waals surface area contributed by atoms with Gasteiger partial charge in [-0.25, -0.2) is 0 Å². The minimum absolute atomic E-state index is 0.0464. The monoisotopic (exact) mass is 294 g/mol. The Labute approximate surface area is 128 Å². The average molecular weight is 294 g/mol. The van der Waals surface area contributed by atoms with E-state index in [0.717, 1.165) is 12.8 Å². The number of hydrogen-bond donors (Lipinski definition) is 2. The fourth-order valence-electron chi connectivity index (χ4n) is 2.73. The Morgan fingerprint density at radius 3 is 2.29 bits per heavy atom. The van der Waals surface area contributed by atoms with Crippen LogP contribution in [0.25, 0.3) is 0 Å². The third-order valence-corrected chi connectivity index (χ3v) is 4.14. The van der Waals surface area contributed by atoms with Crippen molar-refractivity contribution in [3.8, 4) is 0 Å². The molecule has 1 rings (SSSR count). The number of amides is 2. The van der Waals surface area contributed by atoms with Gasteiger partial charge >= 0.3 is 0 Å². The summed E-state index contributed by atoms with van der Waals surface area (Å²) in [6, 6.07) is 0. The Morgan fingerprint density at radius 2 is 1.90 bits per heavy atom. The molecule has 0 aromatic heterocycles. The SMILES string of the molecule is C/C=C/CC(C(N)=O)C(CC1CC1C)C(=O)NC(C)(C)C. The van der Waals surface area contributed by atoms with Crippen molar-refractivity contribution in [1.29, 1.82) is 0 Å². The molecule has 1 saturated carbocycles. The molecule has 120 valence electrons. The van der Waals surface area contributed by atoms with Crippen molar-refractivity contribution >= 4 is 11.8 Å². The first-order valence-corrected chi connectivity index (χ1v) is 7.88. The van der Waals surface area contributed by atoms with Crippen molar-refractivity contribution in [2.24, 2.45) is 29.4 Å². The normalized spacial score (nSPS) is 24.6. The number of allylic oxidation sites excluding steroid dienone is 2. The molecule has 21 heavy (non-hydrogen) atoms. The van der Waals surface area contributed by atoms with Crippen LogP contribution in [0.3, 0.4) is 0 Å². The fourth-order valence-corrected chi connectivity index (χ4v) is 2.73. The van der Waals surface area contributed by atoms with E-state index in [2.05, 4.69) is 12.2 Å². The van der Waals surface area contributed by atoms with Crippen LogP contribution in [0.5, 0.6) is 0 Å². The molecule has 0 aliphatic heterocycles. The first kappa shape index (κ1) is 17.7. The molecule has 4 unspecified atom stereocenters. The number of carbonyl (C=O) groups excluding carboxylic acids is 2. The van der Waals surface area contributed by atoms with Gasteiger partial charge in [0.15, 0.2) is 0 Å². The molecule has 0 aromatic carbocycles. The van der Waals surface area contributed by atoms with Crippen molar-refractivity contribution < 1.29 is 9.59 Å². The topological polar surface area (TPSA) is 72.2 Å². The molecule has 4 heteroatoms. The zero-order valence-corrected chi connectivity index (χ0v) is 14.0. The maximum atomic E-state index is 12.6. The summed E-state index contributed by atoms with van der Waals surface area (Å²) in [6.07, 6.45) is 6.26. The summed E-state index contributed by atoms with van der Waals surface area (Å²) < 4.78 is 0. The number of hydrogen-bond acceptors (Lipinski definition) is 2. The Hall–Kier alpha value is -1.32. The lowest BCUT2D eigenvalue weighted by atomic mass is 9.83. The summed E-state index contributed by atoms with van der Waals surface area (Å²) in [7, 11) is 0. The maximum absolute atomic E-state index is 12.6. The molecule has 1 fully saturated rings. The Kier molecular flexibility index (Phi) is 5.99. The highest BCUT2D eigenvalue weighted by Gasteiger charge is 2.41. The minimum atomic E-state index is -0.420. The standard InChI is InChI=1S/C17H30N2O2/c1-6-7-8-13(15(18)20)14(10-12-9-11(12)2)16(21)19-17(3,4)5/h6-7,11-14H,8-10H2,1-5H3,(H2,18,20)(H,19,21)/b7-6+. The van der Waals surface area contributed by atoms with Crippen LogP contribution >= 0.6 is 0 Å². The van der Waals surface area contributed by atoms with Crippen molar-refractivity contribution in [3.05, 3.63) is 12.2 Å². The van der Waals surface area contributed by atoms with Crippen molar-refractivity contribution in [2.75, 3.05) is 0 Å². The highest BCUT2D eigenvalue weighted by atomic mass is 16.2. The summed E-state index contributed by atoms with van der Waals surface area (Å²) >= 11 is 0. The highest BCUT2D eigenvalue weighted by molar-refractivity contribution is 5.87. The van der Waals surface area contributed by atoms with E-state index in [0.29, 0.717) is 18.3 Å². The third-order valence-electron chi connectivity index (χ3n) is 4.14. The van der Waals surface area contributed by atoms with E-state index in [1.54, 1.807) is 0 Å². The molecule has 0 aromatic rings. The van der Waals surface area contributed by atoms with Crippen LogP contribution in [-0.4, -0.2) is 17.4 Å². The third kappa shape index (κ3) is 5.90. The highest BCUT2D eigenvalue weighted by Crippen LogP contribution is 2.44. The molecule has 0 bridgehead atoms. The smallest absolute Gasteiger partial charge is 0.224 e. The molecule has 0 heterocycles. The quantitative estimate of drug-likeness (QED) is 0.708. The van der Waals surface area contributed by atoms with Gasteiger partial charge in [-0.15, -0.1) is 0 Å². The van der Waals surface area contributed by atoms with Crippen LogP contribution in [0.2, 0.25) is 0 Å². The minimum Gasteiger partial charge on any atom is -0.369 e. The Balaban J connectivity index is 2.87. The van der Waals surface area contributed by atoms with Crippen molar-refractivity contribution in [3.63, 3.8) is 0 Å². The number of primary amides is 1. The molecular weight excluding hydrogens is 264 g/mol. The summed E-state index contributed by atoms with van der Waals surface area (Å²) in [5.74, 6) is 0.0351. The Morgan fingerprint density at radius 1 is 1.33 bits per heavy atom. The fraction of sp³-hybridized carbons (Fsp3) is 0.765. The van der Waals surface area contributed by atoms with Crippen LogP contribution in [0, 0.1) is 23.7 Å². The lowest BCUT2D eigenvalue weighted by molar-refractivity contribution is -0.134. The van der Waals surface area contributed by atoms with Gasteiger partial charge in [0, 0.05) is 5.54 Å². The van der Waals surface area contributed by atoms with E-state index in [1.165, 1.54) is 0 Å². The van der Waals surface area contributed by atoms with Crippen LogP contribution < -0.4 is 11.1 Å². The maximum Gasteiger partial charge on any atom is 0.224 e. The van der Waals surface area contributed by atoms with Gasteiger partial charge in [-0.2, -0.15) is 0 Å². The molecular formula is C17H30N2O2. The van der Waals surface area contributed by atoms with E-state index in [1.807, 2.05) is 39.8 Å². The van der Waals surface area contributed by atoms with Gasteiger partial charge in [0.1, 0.15) is 0 Å². The molecule has 0 spiro atoms. The molecule has 4 nitrogen and oxygen atoms in total. The summed E-state index contributed by atoms with van der Waals surface area (Å²) in [6.45, 7) is 9.95. The summed E-state index contributed by atoms with van der Waals surface area (Å²) in [5.41, 5.74) is 5.26. The van der Waals surface area contributed by atoms with Crippen LogP contribution in [0.1, 0.15) is 53.9 Å². The van der Waals surface area contributed by atoms with Gasteiger partial charge in [0.05, 0.1) is 11.8 Å². The van der Waals surface area contributed by atoms with Crippen molar-refractivity contribution in [2.45, 2.75) is 59.4 Å². The van der Waals surface area contributed by atoms with Crippen LogP contribution in [0.4, 0.5) is 0 Å². The largest absolute Gasteiger partial charge is 0.369 e. The average Bonchev–Trinajstić information content (AvgIpc) is 3.01. The van der Waals surface area contributed by atoms with Gasteiger partial charge < -0.3 is 11.1 Å². The van der Waals surface area contributed by atoms with Gasteiger partial charge in [0.2, 0.25) is 11.8 Å². The molecule has 1 aliphatic carbocycles. The molecule has 2 amide bonds. The van der Waals surface area contributed by atoms with Crippen LogP contribution in [-0.2, 0) is 9.59 Å². The number of rotatable bonds is 7. The summed E-state index contributed by atoms with van der Waals surface area (Å²) in [4.78, 5) is 24.4. The lowest BCUT2D eigenvalue weighted by Gasteiger charge is -2.28. The number of carbonyl (C=O) groups is 2. The second kappa shape index (κ2) is 7.10. The lowest BCUT2D eigenvalue weighted by Crippen LogP contribution is -2.47. The van der Waals surface area contributed by atoms with E-state index < -0.39 is 5.92 Å². The number of nitrogens with two attached hydrogens (primary N) is 1. The van der Waals surface area contributed by atoms with Crippen LogP contribution in [0.15, 0.2) is 12.2 Å². The summed E-state index contributed by atoms with van der Waals surface area (Å²) in [5, 5.41) is 3.01. The molecule has 0 saturated heterocycles. The van der Waals surface area contributed by atoms with Gasteiger partial charge in [-0.1, -0.05) is 19.1 Å². The first-order valence-electron chi connectivity index (χ1n) is 7.88. The molecule has 0 radical (unpaired) electrons. The Bertz CT molecular complexity index is 410. The van der Waals surface area contributed by atoms with Gasteiger partial charge in [-0.3, -0.25) is 9.59 Å². The van der Waals surface area contributed by atoms with Gasteiger partial charge in [0.25, 0.3) is 0 Å². The molecule has 1 aliphatic rings. The zero-order chi connectivity index (χ0) is 16.2. The predicted octanol–water partition coefficient (Wildman–Crippen LogP) is 2.63. The van der Waals surface area contributed by atoms with E-state index in [-0.39, 0.29) is 23.3 Å². The van der Waals surface area contributed by atoms with E-state index >= 15 is 0 Å².